The highest BCUT2D eigenvalue weighted by Gasteiger charge is 2.20. The van der Waals surface area contributed by atoms with Crippen molar-refractivity contribution in [2.75, 3.05) is 39.1 Å². The van der Waals surface area contributed by atoms with Gasteiger partial charge in [-0.25, -0.2) is 0 Å². The molecule has 0 rings (SSSR count). The predicted molar refractivity (Wildman–Crippen MR) is 70.8 cm³/mol. The maximum absolute atomic E-state index is 5.14. The zero-order valence-corrected chi connectivity index (χ0v) is 11.8. The Labute approximate surface area is 101 Å². The number of thiol groups is 1. The van der Waals surface area contributed by atoms with E-state index in [1.54, 1.807) is 7.11 Å². The summed E-state index contributed by atoms with van der Waals surface area (Å²) in [6.07, 6.45) is 0. The monoisotopic (exact) mass is 233 g/mol. The molecule has 0 radical (unpaired) electrons. The van der Waals surface area contributed by atoms with Crippen molar-refractivity contribution in [2.45, 2.75) is 27.7 Å². The molecule has 0 fully saturated rings. The summed E-state index contributed by atoms with van der Waals surface area (Å²) in [5.41, 5.74) is 0.283. The molecular weight excluding hydrogens is 206 g/mol. The first-order valence-corrected chi connectivity index (χ1v) is 6.36. The fraction of sp³-hybridized carbons (Fsp3) is 1.00. The van der Waals surface area contributed by atoms with Gasteiger partial charge in [0.25, 0.3) is 0 Å². The van der Waals surface area contributed by atoms with Crippen LogP contribution >= 0.6 is 12.6 Å². The van der Waals surface area contributed by atoms with Gasteiger partial charge in [0.05, 0.1) is 6.61 Å². The van der Waals surface area contributed by atoms with Gasteiger partial charge in [-0.2, -0.15) is 12.6 Å². The molecule has 15 heavy (non-hydrogen) atoms. The first-order valence-electron chi connectivity index (χ1n) is 5.73. The van der Waals surface area contributed by atoms with Crippen molar-refractivity contribution in [1.82, 2.24) is 4.90 Å². The minimum absolute atomic E-state index is 0.283. The molecule has 0 bridgehead atoms. The second kappa shape index (κ2) is 7.53. The molecule has 0 saturated carbocycles. The number of methoxy groups -OCH3 is 1. The average Bonchev–Trinajstić information content (AvgIpc) is 2.13. The highest BCUT2D eigenvalue weighted by atomic mass is 32.1. The minimum Gasteiger partial charge on any atom is -0.383 e. The molecule has 0 aliphatic rings. The van der Waals surface area contributed by atoms with Crippen LogP contribution in [0.4, 0.5) is 0 Å². The van der Waals surface area contributed by atoms with Crippen molar-refractivity contribution >= 4 is 12.6 Å². The van der Waals surface area contributed by atoms with Crippen LogP contribution in [-0.4, -0.2) is 44.0 Å². The maximum atomic E-state index is 5.14. The van der Waals surface area contributed by atoms with E-state index in [-0.39, 0.29) is 5.41 Å². The van der Waals surface area contributed by atoms with Crippen molar-refractivity contribution < 1.29 is 4.74 Å². The zero-order chi connectivity index (χ0) is 11.9. The minimum atomic E-state index is 0.283. The van der Waals surface area contributed by atoms with E-state index in [1.807, 2.05) is 0 Å². The van der Waals surface area contributed by atoms with Crippen LogP contribution in [0.1, 0.15) is 27.7 Å². The van der Waals surface area contributed by atoms with Crippen molar-refractivity contribution in [3.8, 4) is 0 Å². The summed E-state index contributed by atoms with van der Waals surface area (Å²) in [5.74, 6) is 1.63. The van der Waals surface area contributed by atoms with Crippen LogP contribution in [0.25, 0.3) is 0 Å². The molecule has 0 heterocycles. The lowest BCUT2D eigenvalue weighted by molar-refractivity contribution is 0.116. The predicted octanol–water partition coefficient (Wildman–Crippen LogP) is 2.55. The van der Waals surface area contributed by atoms with Crippen LogP contribution < -0.4 is 0 Å². The van der Waals surface area contributed by atoms with Gasteiger partial charge >= 0.3 is 0 Å². The van der Waals surface area contributed by atoms with E-state index in [2.05, 4.69) is 45.2 Å². The number of ether oxygens (including phenoxy) is 1. The number of hydrogen-bond donors (Lipinski definition) is 1. The molecule has 0 aliphatic carbocycles. The first-order chi connectivity index (χ1) is 6.91. The zero-order valence-electron chi connectivity index (χ0n) is 10.9. The molecular formula is C12H27NOS. The fourth-order valence-electron chi connectivity index (χ4n) is 1.63. The van der Waals surface area contributed by atoms with Gasteiger partial charge in [0.15, 0.2) is 0 Å². The summed E-state index contributed by atoms with van der Waals surface area (Å²) in [5, 5.41) is 0. The molecule has 0 saturated heterocycles. The highest BCUT2D eigenvalue weighted by molar-refractivity contribution is 7.80. The van der Waals surface area contributed by atoms with Gasteiger partial charge in [0, 0.05) is 26.7 Å². The molecule has 3 heteroatoms. The summed E-state index contributed by atoms with van der Waals surface area (Å²) in [4.78, 5) is 2.48. The van der Waals surface area contributed by atoms with Gasteiger partial charge in [-0.15, -0.1) is 0 Å². The molecule has 0 N–H and O–H groups in total. The Hall–Kier alpha value is 0.270. The molecule has 0 unspecified atom stereocenters. The van der Waals surface area contributed by atoms with E-state index in [1.165, 1.54) is 0 Å². The van der Waals surface area contributed by atoms with Crippen molar-refractivity contribution in [3.05, 3.63) is 0 Å². The van der Waals surface area contributed by atoms with E-state index in [4.69, 9.17) is 4.74 Å². The Bertz CT molecular complexity index is 160. The Morgan fingerprint density at radius 2 is 1.93 bits per heavy atom. The number of hydrogen-bond acceptors (Lipinski definition) is 3. The summed E-state index contributed by atoms with van der Waals surface area (Å²) in [7, 11) is 1.76. The highest BCUT2D eigenvalue weighted by Crippen LogP contribution is 2.19. The molecule has 2 nitrogen and oxygen atoms in total. The lowest BCUT2D eigenvalue weighted by atomic mass is 9.95. The van der Waals surface area contributed by atoms with Gasteiger partial charge in [0.2, 0.25) is 0 Å². The largest absolute Gasteiger partial charge is 0.383 e. The lowest BCUT2D eigenvalue weighted by Gasteiger charge is -2.32. The van der Waals surface area contributed by atoms with Gasteiger partial charge < -0.3 is 9.64 Å². The molecule has 0 aromatic carbocycles. The third kappa shape index (κ3) is 8.12. The maximum Gasteiger partial charge on any atom is 0.0589 e. The van der Waals surface area contributed by atoms with Crippen LogP contribution in [0.5, 0.6) is 0 Å². The van der Waals surface area contributed by atoms with E-state index >= 15 is 0 Å². The lowest BCUT2D eigenvalue weighted by Crippen LogP contribution is -2.39. The van der Waals surface area contributed by atoms with E-state index in [0.717, 1.165) is 32.0 Å². The summed E-state index contributed by atoms with van der Waals surface area (Å²) < 4.78 is 5.14. The number of nitrogens with zero attached hydrogens (tertiary/aromatic N) is 1. The van der Waals surface area contributed by atoms with E-state index in [0.29, 0.717) is 5.92 Å². The Morgan fingerprint density at radius 1 is 1.33 bits per heavy atom. The summed E-state index contributed by atoms with van der Waals surface area (Å²) in [6.45, 7) is 13.1. The topological polar surface area (TPSA) is 12.5 Å². The molecule has 0 amide bonds. The SMILES string of the molecule is COCCN(CC(C)C)CC(C)(C)CS. The van der Waals surface area contributed by atoms with Gasteiger partial charge in [-0.05, 0) is 17.1 Å². The Balaban J connectivity index is 4.10. The third-order valence-corrected chi connectivity index (χ3v) is 3.17. The quantitative estimate of drug-likeness (QED) is 0.647. The van der Waals surface area contributed by atoms with Gasteiger partial charge in [0.1, 0.15) is 0 Å². The number of rotatable bonds is 8. The summed E-state index contributed by atoms with van der Waals surface area (Å²) in [6, 6.07) is 0. The molecule has 0 aromatic heterocycles. The van der Waals surface area contributed by atoms with Gasteiger partial charge in [-0.3, -0.25) is 0 Å². The average molecular weight is 233 g/mol. The van der Waals surface area contributed by atoms with Crippen LogP contribution in [0, 0.1) is 11.3 Å². The van der Waals surface area contributed by atoms with Crippen LogP contribution in [0.3, 0.4) is 0 Å². The van der Waals surface area contributed by atoms with E-state index in [9.17, 15) is 0 Å². The van der Waals surface area contributed by atoms with E-state index < -0.39 is 0 Å². The van der Waals surface area contributed by atoms with Crippen LogP contribution in [0.2, 0.25) is 0 Å². The molecule has 0 spiro atoms. The Kier molecular flexibility index (Phi) is 7.66. The van der Waals surface area contributed by atoms with Gasteiger partial charge in [-0.1, -0.05) is 27.7 Å². The second-order valence-electron chi connectivity index (χ2n) is 5.44. The normalized spacial score (nSPS) is 12.8. The molecule has 0 aliphatic heterocycles. The van der Waals surface area contributed by atoms with Crippen molar-refractivity contribution in [2.24, 2.45) is 11.3 Å². The summed E-state index contributed by atoms with van der Waals surface area (Å²) >= 11 is 4.40. The Morgan fingerprint density at radius 3 is 2.33 bits per heavy atom. The third-order valence-electron chi connectivity index (χ3n) is 2.31. The van der Waals surface area contributed by atoms with Crippen LogP contribution in [-0.2, 0) is 4.74 Å². The van der Waals surface area contributed by atoms with Crippen molar-refractivity contribution in [3.63, 3.8) is 0 Å². The first kappa shape index (κ1) is 15.3. The van der Waals surface area contributed by atoms with Crippen LogP contribution in [0.15, 0.2) is 0 Å². The molecule has 92 valence electrons. The standard InChI is InChI=1S/C12H27NOS/c1-11(2)8-13(6-7-14-5)9-12(3,4)10-15/h11,15H,6-10H2,1-5H3. The molecule has 0 aromatic rings. The smallest absolute Gasteiger partial charge is 0.0589 e. The molecule has 0 atom stereocenters. The fourth-order valence-corrected chi connectivity index (χ4v) is 1.73. The van der Waals surface area contributed by atoms with Crippen molar-refractivity contribution in [1.29, 1.82) is 0 Å². The second-order valence-corrected chi connectivity index (χ2v) is 5.76.